The molecule has 3 heterocycles. The van der Waals surface area contributed by atoms with Crippen LogP contribution in [0.5, 0.6) is 0 Å². The molecule has 3 N–H and O–H groups in total. The molecule has 2 aromatic heterocycles. The van der Waals surface area contributed by atoms with Gasteiger partial charge < -0.3 is 20.1 Å². The van der Waals surface area contributed by atoms with Crippen LogP contribution in [0.3, 0.4) is 0 Å². The molecule has 1 aliphatic rings. The van der Waals surface area contributed by atoms with E-state index < -0.39 is 31.0 Å². The molecule has 0 saturated carbocycles. The monoisotopic (exact) mass is 352 g/mol. The number of aliphatic hydroxyl groups excluding tert-OH is 3. The number of halogens is 3. The van der Waals surface area contributed by atoms with Crippen LogP contribution in [0, 0.1) is 0 Å². The molecule has 6 nitrogen and oxygen atoms in total. The van der Waals surface area contributed by atoms with E-state index >= 15 is 0 Å². The minimum atomic E-state index is -1.24. The molecule has 0 bridgehead atoms. The fourth-order valence-corrected chi connectivity index (χ4v) is 3.04. The maximum atomic E-state index is 10.1. The van der Waals surface area contributed by atoms with E-state index in [0.717, 1.165) is 0 Å². The molecule has 9 heteroatoms. The number of fused-ring (bicyclic) bond motifs is 1. The van der Waals surface area contributed by atoms with E-state index in [-0.39, 0.29) is 10.2 Å². The molecule has 114 valence electrons. The molecule has 4 atom stereocenters. The number of pyridine rings is 1. The second-order valence-corrected chi connectivity index (χ2v) is 5.86. The van der Waals surface area contributed by atoms with Crippen molar-refractivity contribution in [1.29, 1.82) is 0 Å². The Labute approximate surface area is 134 Å². The summed E-state index contributed by atoms with van der Waals surface area (Å²) in [6.45, 7) is -0.421. The molecule has 1 unspecified atom stereocenters. The molecule has 3 rings (SSSR count). The van der Waals surface area contributed by atoms with Gasteiger partial charge in [0.25, 0.3) is 0 Å². The van der Waals surface area contributed by atoms with Gasteiger partial charge in [-0.15, -0.1) is 0 Å². The second-order valence-electron chi connectivity index (χ2n) is 4.72. The zero-order chi connectivity index (χ0) is 15.3. The SMILES string of the molecule is OC[C@H]1OC(c2c(Cl)nc3c(Cl)c(Cl)ccn23)[C@@H](O)[C@H]1O. The van der Waals surface area contributed by atoms with Crippen molar-refractivity contribution < 1.29 is 20.1 Å². The molecule has 1 saturated heterocycles. The summed E-state index contributed by atoms with van der Waals surface area (Å²) in [7, 11) is 0. The Morgan fingerprint density at radius 1 is 1.24 bits per heavy atom. The summed E-state index contributed by atoms with van der Waals surface area (Å²) in [6.07, 6.45) is -2.70. The first kappa shape index (κ1) is 15.3. The van der Waals surface area contributed by atoms with Crippen molar-refractivity contribution in [3.8, 4) is 0 Å². The van der Waals surface area contributed by atoms with Gasteiger partial charge in [-0.2, -0.15) is 0 Å². The molecule has 0 amide bonds. The van der Waals surface area contributed by atoms with Crippen molar-refractivity contribution in [3.63, 3.8) is 0 Å². The third kappa shape index (κ3) is 2.31. The average molecular weight is 354 g/mol. The fourth-order valence-electron chi connectivity index (χ4n) is 2.42. The highest BCUT2D eigenvalue weighted by molar-refractivity contribution is 6.44. The van der Waals surface area contributed by atoms with Crippen molar-refractivity contribution in [1.82, 2.24) is 9.38 Å². The van der Waals surface area contributed by atoms with E-state index in [1.165, 1.54) is 4.40 Å². The average Bonchev–Trinajstić information content (AvgIpc) is 2.93. The number of hydrogen-bond acceptors (Lipinski definition) is 5. The Hall–Kier alpha value is -0.600. The Morgan fingerprint density at radius 3 is 2.57 bits per heavy atom. The standard InChI is InChI=1S/C12H11Cl3N2O4/c13-4-1-2-17-7(11(15)16-12(17)6(4)14)10-9(20)8(19)5(3-18)21-10/h1-2,5,8-10,18-20H,3H2/t5-,8+,9+,10?/m1/s1. The van der Waals surface area contributed by atoms with Gasteiger partial charge in [0.15, 0.2) is 10.8 Å². The third-order valence-corrected chi connectivity index (χ3v) is 4.55. The highest BCUT2D eigenvalue weighted by Gasteiger charge is 2.45. The van der Waals surface area contributed by atoms with Gasteiger partial charge in [0, 0.05) is 6.20 Å². The lowest BCUT2D eigenvalue weighted by Gasteiger charge is -2.15. The van der Waals surface area contributed by atoms with E-state index in [2.05, 4.69) is 4.98 Å². The first-order chi connectivity index (χ1) is 9.95. The van der Waals surface area contributed by atoms with E-state index in [1.54, 1.807) is 12.3 Å². The molecule has 0 aromatic carbocycles. The highest BCUT2D eigenvalue weighted by Crippen LogP contribution is 2.39. The maximum absolute atomic E-state index is 10.1. The molecule has 0 aliphatic carbocycles. The molecule has 0 spiro atoms. The van der Waals surface area contributed by atoms with Crippen LogP contribution in [0.25, 0.3) is 5.65 Å². The van der Waals surface area contributed by atoms with E-state index in [9.17, 15) is 10.2 Å². The van der Waals surface area contributed by atoms with Crippen molar-refractivity contribution in [2.45, 2.75) is 24.4 Å². The summed E-state index contributed by atoms with van der Waals surface area (Å²) in [6, 6.07) is 1.56. The lowest BCUT2D eigenvalue weighted by atomic mass is 10.1. The summed E-state index contributed by atoms with van der Waals surface area (Å²) >= 11 is 18.1. The number of rotatable bonds is 2. The smallest absolute Gasteiger partial charge is 0.159 e. The Morgan fingerprint density at radius 2 is 1.95 bits per heavy atom. The molecular formula is C12H11Cl3N2O4. The van der Waals surface area contributed by atoms with Gasteiger partial charge in [-0.05, 0) is 6.07 Å². The molecular weight excluding hydrogens is 343 g/mol. The summed E-state index contributed by atoms with van der Waals surface area (Å²) in [4.78, 5) is 4.11. The Balaban J connectivity index is 2.13. The van der Waals surface area contributed by atoms with E-state index in [4.69, 9.17) is 44.6 Å². The van der Waals surface area contributed by atoms with Crippen LogP contribution >= 0.6 is 34.8 Å². The molecule has 2 aromatic rings. The quantitative estimate of drug-likeness (QED) is 0.761. The van der Waals surface area contributed by atoms with Gasteiger partial charge in [-0.1, -0.05) is 34.8 Å². The van der Waals surface area contributed by atoms with Crippen molar-refractivity contribution in [3.05, 3.63) is 33.2 Å². The number of aliphatic hydroxyl groups is 3. The second kappa shape index (κ2) is 5.55. The Bertz CT molecular complexity index is 693. The zero-order valence-corrected chi connectivity index (χ0v) is 12.7. The van der Waals surface area contributed by atoms with Gasteiger partial charge >= 0.3 is 0 Å². The lowest BCUT2D eigenvalue weighted by Crippen LogP contribution is -2.32. The summed E-state index contributed by atoms with van der Waals surface area (Å²) in [5.41, 5.74) is 0.662. The van der Waals surface area contributed by atoms with Crippen LogP contribution in [0.1, 0.15) is 11.8 Å². The largest absolute Gasteiger partial charge is 0.394 e. The topological polar surface area (TPSA) is 87.2 Å². The minimum absolute atomic E-state index is 0.0778. The maximum Gasteiger partial charge on any atom is 0.159 e. The summed E-state index contributed by atoms with van der Waals surface area (Å²) < 4.78 is 7.01. The third-order valence-electron chi connectivity index (χ3n) is 3.49. The van der Waals surface area contributed by atoms with Gasteiger partial charge in [-0.3, -0.25) is 4.40 Å². The van der Waals surface area contributed by atoms with E-state index in [1.807, 2.05) is 0 Å². The minimum Gasteiger partial charge on any atom is -0.394 e. The van der Waals surface area contributed by atoms with Crippen LogP contribution in [0.4, 0.5) is 0 Å². The predicted octanol–water partition coefficient (Wildman–Crippen LogP) is 1.45. The summed E-state index contributed by atoms with van der Waals surface area (Å²) in [5.74, 6) is 0. The van der Waals surface area contributed by atoms with Gasteiger partial charge in [0.1, 0.15) is 29.4 Å². The normalized spacial score (nSPS) is 29.4. The molecule has 0 radical (unpaired) electrons. The van der Waals surface area contributed by atoms with Crippen LogP contribution < -0.4 is 0 Å². The first-order valence-corrected chi connectivity index (χ1v) is 7.23. The molecule has 1 aliphatic heterocycles. The number of hydrogen-bond donors (Lipinski definition) is 3. The molecule has 1 fully saturated rings. The first-order valence-electron chi connectivity index (χ1n) is 6.09. The zero-order valence-electron chi connectivity index (χ0n) is 10.4. The van der Waals surface area contributed by atoms with Gasteiger partial charge in [0.05, 0.1) is 17.3 Å². The van der Waals surface area contributed by atoms with Crippen LogP contribution in [-0.2, 0) is 4.74 Å². The van der Waals surface area contributed by atoms with Crippen LogP contribution in [0.15, 0.2) is 12.3 Å². The van der Waals surface area contributed by atoms with Crippen LogP contribution in [-0.4, -0.2) is 49.6 Å². The predicted molar refractivity (Wildman–Crippen MR) is 76.9 cm³/mol. The number of aromatic nitrogens is 2. The number of nitrogens with zero attached hydrogens (tertiary/aromatic N) is 2. The molecule has 21 heavy (non-hydrogen) atoms. The van der Waals surface area contributed by atoms with Crippen molar-refractivity contribution in [2.24, 2.45) is 0 Å². The summed E-state index contributed by atoms with van der Waals surface area (Å²) in [5, 5.41) is 29.7. The lowest BCUT2D eigenvalue weighted by molar-refractivity contribution is -0.0241. The van der Waals surface area contributed by atoms with Crippen molar-refractivity contribution >= 4 is 40.4 Å². The number of ether oxygens (including phenoxy) is 1. The number of imidazole rings is 1. The van der Waals surface area contributed by atoms with Gasteiger partial charge in [-0.25, -0.2) is 4.98 Å². The van der Waals surface area contributed by atoms with Crippen molar-refractivity contribution in [2.75, 3.05) is 6.61 Å². The Kier molecular flexibility index (Phi) is 4.04. The highest BCUT2D eigenvalue weighted by atomic mass is 35.5. The van der Waals surface area contributed by atoms with E-state index in [0.29, 0.717) is 16.4 Å². The van der Waals surface area contributed by atoms with Gasteiger partial charge in [0.2, 0.25) is 0 Å². The fraction of sp³-hybridized carbons (Fsp3) is 0.417. The van der Waals surface area contributed by atoms with Crippen LogP contribution in [0.2, 0.25) is 15.2 Å².